The highest BCUT2D eigenvalue weighted by Gasteiger charge is 2.25. The largest absolute Gasteiger partial charge is 0.478 e. The van der Waals surface area contributed by atoms with Gasteiger partial charge in [0.15, 0.2) is 0 Å². The van der Waals surface area contributed by atoms with E-state index in [0.29, 0.717) is 12.6 Å². The van der Waals surface area contributed by atoms with Gasteiger partial charge in [-0.1, -0.05) is 0 Å². The third-order valence-corrected chi connectivity index (χ3v) is 3.36. The van der Waals surface area contributed by atoms with Gasteiger partial charge >= 0.3 is 5.97 Å². The molecule has 3 rings (SSSR count). The van der Waals surface area contributed by atoms with Crippen LogP contribution < -0.4 is 5.32 Å². The Bertz CT molecular complexity index is 650. The zero-order valence-corrected chi connectivity index (χ0v) is 10.7. The zero-order valence-electron chi connectivity index (χ0n) is 10.7. The molecular weight excluding hydrogens is 261 g/mol. The highest BCUT2D eigenvalue weighted by molar-refractivity contribution is 5.88. The number of aromatic nitrogens is 2. The Morgan fingerprint density at radius 3 is 3.00 bits per heavy atom. The molecule has 0 spiro atoms. The summed E-state index contributed by atoms with van der Waals surface area (Å²) >= 11 is 0. The van der Waals surface area contributed by atoms with E-state index in [0.717, 1.165) is 24.6 Å². The summed E-state index contributed by atoms with van der Waals surface area (Å²) in [4.78, 5) is 15.0. The molecule has 1 aromatic heterocycles. The van der Waals surface area contributed by atoms with E-state index in [1.165, 1.54) is 12.1 Å². The average molecular weight is 275 g/mol. The number of hydrogen-bond donors (Lipinski definition) is 2. The molecule has 2 N–H and O–H groups in total. The molecule has 0 atom stereocenters. The number of halogens is 1. The number of carbonyl (C=O) groups is 1. The molecule has 0 unspecified atom stereocenters. The van der Waals surface area contributed by atoms with Gasteiger partial charge < -0.3 is 15.0 Å². The predicted molar refractivity (Wildman–Crippen MR) is 71.2 cm³/mol. The number of nitrogens with zero attached hydrogens (tertiary/aromatic N) is 2. The summed E-state index contributed by atoms with van der Waals surface area (Å²) in [5.41, 5.74) is 1.21. The highest BCUT2D eigenvalue weighted by Crippen LogP contribution is 2.35. The first-order valence-corrected chi connectivity index (χ1v) is 6.42. The lowest BCUT2D eigenvalue weighted by Crippen LogP contribution is -2.08. The first kappa shape index (κ1) is 12.7. The molecule has 2 aromatic rings. The van der Waals surface area contributed by atoms with Gasteiger partial charge in [0.2, 0.25) is 0 Å². The lowest BCUT2D eigenvalue weighted by atomic mass is 10.2. The third kappa shape index (κ3) is 2.49. The molecule has 1 aromatic carbocycles. The van der Waals surface area contributed by atoms with Gasteiger partial charge in [0.05, 0.1) is 29.8 Å². The van der Waals surface area contributed by atoms with Crippen molar-refractivity contribution in [1.82, 2.24) is 9.55 Å². The number of imidazole rings is 1. The fraction of sp³-hybridized carbons (Fsp3) is 0.286. The lowest BCUT2D eigenvalue weighted by Gasteiger charge is -2.10. The molecule has 6 heteroatoms. The summed E-state index contributed by atoms with van der Waals surface area (Å²) in [5.74, 6) is -1.54. The van der Waals surface area contributed by atoms with E-state index in [-0.39, 0.29) is 11.3 Å². The van der Waals surface area contributed by atoms with E-state index in [2.05, 4.69) is 14.9 Å². The molecule has 5 nitrogen and oxygen atoms in total. The fourth-order valence-electron chi connectivity index (χ4n) is 2.13. The maximum atomic E-state index is 13.7. The topological polar surface area (TPSA) is 67.2 Å². The summed E-state index contributed by atoms with van der Waals surface area (Å²) < 4.78 is 15.7. The second kappa shape index (κ2) is 4.96. The first-order chi connectivity index (χ1) is 9.65. The predicted octanol–water partition coefficient (Wildman–Crippen LogP) is 2.67. The van der Waals surface area contributed by atoms with Gasteiger partial charge in [-0.2, -0.15) is 0 Å². The first-order valence-electron chi connectivity index (χ1n) is 6.42. The van der Waals surface area contributed by atoms with E-state index in [9.17, 15) is 9.18 Å². The Kier molecular flexibility index (Phi) is 3.14. The standard InChI is InChI=1S/C14H14FN3O2/c15-12-4-1-9(14(19)20)5-13(12)17-7-11-6-16-8-18(11)10-2-3-10/h1,4-6,8,10,17H,2-3,7H2,(H,19,20). The minimum atomic E-state index is -1.07. The number of hydrogen-bond acceptors (Lipinski definition) is 3. The smallest absolute Gasteiger partial charge is 0.335 e. The Balaban J connectivity index is 1.75. The van der Waals surface area contributed by atoms with E-state index >= 15 is 0 Å². The van der Waals surface area contributed by atoms with Crippen molar-refractivity contribution >= 4 is 11.7 Å². The van der Waals surface area contributed by atoms with E-state index < -0.39 is 11.8 Å². The van der Waals surface area contributed by atoms with Crippen molar-refractivity contribution < 1.29 is 14.3 Å². The van der Waals surface area contributed by atoms with E-state index in [1.807, 2.05) is 0 Å². The van der Waals surface area contributed by atoms with Crippen molar-refractivity contribution in [1.29, 1.82) is 0 Å². The van der Waals surface area contributed by atoms with Crippen LogP contribution >= 0.6 is 0 Å². The monoisotopic (exact) mass is 275 g/mol. The van der Waals surface area contributed by atoms with Crippen LogP contribution in [-0.2, 0) is 6.54 Å². The summed E-state index contributed by atoms with van der Waals surface area (Å²) in [6.45, 7) is 0.413. The fourth-order valence-corrected chi connectivity index (χ4v) is 2.13. The van der Waals surface area contributed by atoms with Gasteiger partial charge in [-0.25, -0.2) is 14.2 Å². The van der Waals surface area contributed by atoms with Crippen molar-refractivity contribution in [3.63, 3.8) is 0 Å². The second-order valence-electron chi connectivity index (χ2n) is 4.88. The summed E-state index contributed by atoms with van der Waals surface area (Å²) in [5, 5.41) is 11.8. The molecule has 1 aliphatic carbocycles. The highest BCUT2D eigenvalue weighted by atomic mass is 19.1. The van der Waals surface area contributed by atoms with Crippen molar-refractivity contribution in [2.75, 3.05) is 5.32 Å². The van der Waals surface area contributed by atoms with Crippen LogP contribution in [0, 0.1) is 5.82 Å². The maximum Gasteiger partial charge on any atom is 0.335 e. The zero-order chi connectivity index (χ0) is 14.1. The van der Waals surface area contributed by atoms with Crippen LogP contribution in [0.1, 0.15) is 34.9 Å². The van der Waals surface area contributed by atoms with Crippen LogP contribution in [0.25, 0.3) is 0 Å². The normalized spacial score (nSPS) is 14.2. The average Bonchev–Trinajstić information content (AvgIpc) is 3.17. The summed E-state index contributed by atoms with van der Waals surface area (Å²) in [6, 6.07) is 4.21. The van der Waals surface area contributed by atoms with Gasteiger partial charge in [0.25, 0.3) is 0 Å². The number of anilines is 1. The van der Waals surface area contributed by atoms with Crippen LogP contribution in [-0.4, -0.2) is 20.6 Å². The van der Waals surface area contributed by atoms with Crippen molar-refractivity contribution in [3.05, 3.63) is 47.8 Å². The maximum absolute atomic E-state index is 13.7. The Morgan fingerprint density at radius 1 is 1.50 bits per heavy atom. The van der Waals surface area contributed by atoms with Crippen LogP contribution in [0.2, 0.25) is 0 Å². The molecule has 0 radical (unpaired) electrons. The number of benzene rings is 1. The van der Waals surface area contributed by atoms with Gasteiger partial charge in [0, 0.05) is 12.2 Å². The molecule has 1 aliphatic rings. The molecule has 0 aliphatic heterocycles. The second-order valence-corrected chi connectivity index (χ2v) is 4.88. The molecule has 104 valence electrons. The van der Waals surface area contributed by atoms with Crippen LogP contribution in [0.4, 0.5) is 10.1 Å². The molecule has 20 heavy (non-hydrogen) atoms. The van der Waals surface area contributed by atoms with Gasteiger partial charge in [-0.15, -0.1) is 0 Å². The van der Waals surface area contributed by atoms with Crippen LogP contribution in [0.3, 0.4) is 0 Å². The van der Waals surface area contributed by atoms with Gasteiger partial charge in [0.1, 0.15) is 5.82 Å². The quantitative estimate of drug-likeness (QED) is 0.880. The van der Waals surface area contributed by atoms with E-state index in [4.69, 9.17) is 5.11 Å². The Morgan fingerprint density at radius 2 is 2.30 bits per heavy atom. The molecule has 0 bridgehead atoms. The molecule has 0 saturated heterocycles. The molecule has 1 saturated carbocycles. The molecule has 0 amide bonds. The van der Waals surface area contributed by atoms with Gasteiger partial charge in [-0.3, -0.25) is 0 Å². The SMILES string of the molecule is O=C(O)c1ccc(F)c(NCc2cncn2C2CC2)c1. The van der Waals surface area contributed by atoms with Crippen molar-refractivity contribution in [2.45, 2.75) is 25.4 Å². The number of rotatable bonds is 5. The summed E-state index contributed by atoms with van der Waals surface area (Å²) in [7, 11) is 0. The summed E-state index contributed by atoms with van der Waals surface area (Å²) in [6.07, 6.45) is 5.81. The molecular formula is C14H14FN3O2. The van der Waals surface area contributed by atoms with Gasteiger partial charge in [-0.05, 0) is 31.0 Å². The number of aromatic carboxylic acids is 1. The number of carboxylic acids is 1. The van der Waals surface area contributed by atoms with E-state index in [1.54, 1.807) is 12.5 Å². The Hall–Kier alpha value is -2.37. The van der Waals surface area contributed by atoms with Crippen LogP contribution in [0.15, 0.2) is 30.7 Å². The molecule has 1 fully saturated rings. The molecule has 1 heterocycles. The Labute approximate surface area is 115 Å². The lowest BCUT2D eigenvalue weighted by molar-refractivity contribution is 0.0697. The van der Waals surface area contributed by atoms with Crippen LogP contribution in [0.5, 0.6) is 0 Å². The third-order valence-electron chi connectivity index (χ3n) is 3.36. The van der Waals surface area contributed by atoms with Crippen molar-refractivity contribution in [2.24, 2.45) is 0 Å². The minimum Gasteiger partial charge on any atom is -0.478 e. The van der Waals surface area contributed by atoms with Crippen molar-refractivity contribution in [3.8, 4) is 0 Å². The number of carboxylic acid groups (broad SMARTS) is 1. The number of nitrogens with one attached hydrogen (secondary N) is 1. The minimum absolute atomic E-state index is 0.0598.